The van der Waals surface area contributed by atoms with E-state index in [0.717, 1.165) is 78.4 Å². The predicted octanol–water partition coefficient (Wildman–Crippen LogP) is 8.74. The molecule has 0 aliphatic rings. The summed E-state index contributed by atoms with van der Waals surface area (Å²) in [6.07, 6.45) is 3.82. The fourth-order valence-electron chi connectivity index (χ4n) is 7.39. The zero-order valence-electron chi connectivity index (χ0n) is 30.7. The van der Waals surface area contributed by atoms with Crippen LogP contribution < -0.4 is 14.4 Å². The number of carbonyl (C=O) groups is 2. The summed E-state index contributed by atoms with van der Waals surface area (Å²) in [7, 11) is 7.26. The number of carbonyl (C=O) groups excluding carboxylic acids is 1. The first-order chi connectivity index (χ1) is 24.8. The summed E-state index contributed by atoms with van der Waals surface area (Å²) in [5.74, 6) is 0.300. The second-order valence-electron chi connectivity index (χ2n) is 13.4. The molecule has 0 saturated heterocycles. The van der Waals surface area contributed by atoms with E-state index in [4.69, 9.17) is 37.8 Å². The molecule has 0 bridgehead atoms. The summed E-state index contributed by atoms with van der Waals surface area (Å²) < 4.78 is 17.5. The Hall–Kier alpha value is -4.93. The van der Waals surface area contributed by atoms with Gasteiger partial charge in [-0.15, -0.1) is 0 Å². The van der Waals surface area contributed by atoms with Gasteiger partial charge in [0, 0.05) is 79.1 Å². The molecule has 3 heterocycles. The monoisotopic (exact) mass is 743 g/mol. The predicted molar refractivity (Wildman–Crippen MR) is 208 cm³/mol. The van der Waals surface area contributed by atoms with Crippen LogP contribution in [0.4, 0.5) is 5.69 Å². The zero-order valence-corrected chi connectivity index (χ0v) is 32.2. The van der Waals surface area contributed by atoms with Crippen LogP contribution in [-0.2, 0) is 27.1 Å². The Kier molecular flexibility index (Phi) is 10.3. The summed E-state index contributed by atoms with van der Waals surface area (Å²) in [5.41, 5.74) is 9.63. The third-order valence-corrected chi connectivity index (χ3v) is 10.9. The number of carboxylic acids is 1. The van der Waals surface area contributed by atoms with Gasteiger partial charge in [-0.25, -0.2) is 4.79 Å². The Balaban J connectivity index is 1.42. The molecule has 6 aromatic rings. The summed E-state index contributed by atoms with van der Waals surface area (Å²) >= 11 is 13.4. The van der Waals surface area contributed by atoms with Gasteiger partial charge in [0.15, 0.2) is 6.29 Å². The van der Waals surface area contributed by atoms with Crippen LogP contribution in [-0.4, -0.2) is 63.6 Å². The van der Waals surface area contributed by atoms with Gasteiger partial charge < -0.3 is 28.6 Å². The van der Waals surface area contributed by atoms with Gasteiger partial charge in [0.25, 0.3) is 0 Å². The van der Waals surface area contributed by atoms with Crippen LogP contribution in [0.15, 0.2) is 42.6 Å². The number of aldehydes is 1. The van der Waals surface area contributed by atoms with Gasteiger partial charge in [0.1, 0.15) is 11.5 Å². The summed E-state index contributed by atoms with van der Waals surface area (Å²) in [6.45, 7) is 9.28. The molecular weight excluding hydrogens is 701 g/mol. The van der Waals surface area contributed by atoms with Crippen LogP contribution in [0.3, 0.4) is 0 Å². The number of carboxylic acid groups (broad SMARTS) is 1. The number of hydrogen-bond donors (Lipinski definition) is 1. The fraction of sp³-hybridized carbons (Fsp3) is 0.325. The van der Waals surface area contributed by atoms with Crippen LogP contribution in [0, 0.1) is 27.7 Å². The molecular formula is C40H43Cl2N5O5. The standard InChI is InChI=1S/C40H43Cl2N5O5/c1-22-16-27(17-23(2)37(22)42)52-15-9-10-28-29-11-12-32(41)36(35-24(3)43-46(7)25(35)4)39(29)47(34(28)21-48)14-13-44(5)33-19-26(51-8)18-30-31(40(49)50)20-45(6)38(30)33/h11-12,16-21H,9-10,13-15H2,1-8H3,(H,49,50). The molecule has 0 aliphatic carbocycles. The SMILES string of the molecule is COc1cc(N(C)CCn2c(C=O)c(CCCOc3cc(C)c(Cl)c(C)c3)c3ccc(Cl)c(-c4c(C)nn(C)c4C)c32)c2c(c1)c(C(=O)O)cn2C. The molecule has 0 radical (unpaired) electrons. The molecule has 12 heteroatoms. The molecule has 3 aromatic carbocycles. The Morgan fingerprint density at radius 3 is 2.31 bits per heavy atom. The van der Waals surface area contributed by atoms with Crippen LogP contribution in [0.5, 0.6) is 11.5 Å². The highest BCUT2D eigenvalue weighted by molar-refractivity contribution is 6.35. The number of fused-ring (bicyclic) bond motifs is 2. The first kappa shape index (κ1) is 36.8. The smallest absolute Gasteiger partial charge is 0.337 e. The molecule has 3 aromatic heterocycles. The highest BCUT2D eigenvalue weighted by Gasteiger charge is 2.26. The second kappa shape index (κ2) is 14.6. The van der Waals surface area contributed by atoms with Crippen molar-refractivity contribution in [2.24, 2.45) is 14.1 Å². The van der Waals surface area contributed by atoms with E-state index in [-0.39, 0.29) is 5.56 Å². The zero-order chi connectivity index (χ0) is 37.6. The lowest BCUT2D eigenvalue weighted by molar-refractivity contribution is 0.0698. The molecule has 0 amide bonds. The minimum Gasteiger partial charge on any atom is -0.497 e. The van der Waals surface area contributed by atoms with E-state index in [0.29, 0.717) is 54.4 Å². The lowest BCUT2D eigenvalue weighted by Gasteiger charge is -2.23. The molecule has 0 spiro atoms. The van der Waals surface area contributed by atoms with Gasteiger partial charge in [0.2, 0.25) is 0 Å². The Morgan fingerprint density at radius 2 is 1.69 bits per heavy atom. The van der Waals surface area contributed by atoms with E-state index >= 15 is 0 Å². The molecule has 0 atom stereocenters. The highest BCUT2D eigenvalue weighted by atomic mass is 35.5. The van der Waals surface area contributed by atoms with E-state index in [1.165, 1.54) is 0 Å². The largest absolute Gasteiger partial charge is 0.497 e. The van der Waals surface area contributed by atoms with Gasteiger partial charge in [-0.3, -0.25) is 9.48 Å². The molecule has 6 rings (SSSR count). The number of aromatic nitrogens is 4. The third kappa shape index (κ3) is 6.50. The number of ether oxygens (including phenoxy) is 2. The molecule has 0 saturated carbocycles. The second-order valence-corrected chi connectivity index (χ2v) is 14.2. The van der Waals surface area contributed by atoms with Gasteiger partial charge in [-0.1, -0.05) is 29.3 Å². The lowest BCUT2D eigenvalue weighted by Crippen LogP contribution is -2.24. The van der Waals surface area contributed by atoms with Gasteiger partial charge >= 0.3 is 5.97 Å². The van der Waals surface area contributed by atoms with Crippen molar-refractivity contribution in [3.05, 3.63) is 92.0 Å². The van der Waals surface area contributed by atoms with Crippen LogP contribution in [0.2, 0.25) is 10.0 Å². The molecule has 1 N–H and O–H groups in total. The maximum atomic E-state index is 13.1. The number of hydrogen-bond acceptors (Lipinski definition) is 6. The Labute approximate surface area is 313 Å². The topological polar surface area (TPSA) is 104 Å². The minimum absolute atomic E-state index is 0.196. The Morgan fingerprint density at radius 1 is 0.981 bits per heavy atom. The normalized spacial score (nSPS) is 11.5. The van der Waals surface area contributed by atoms with E-state index in [9.17, 15) is 14.7 Å². The maximum Gasteiger partial charge on any atom is 0.337 e. The molecule has 0 fully saturated rings. The van der Waals surface area contributed by atoms with Gasteiger partial charge in [-0.05, 0) is 81.5 Å². The first-order valence-electron chi connectivity index (χ1n) is 17.1. The van der Waals surface area contributed by atoms with E-state index in [2.05, 4.69) is 9.47 Å². The number of benzene rings is 3. The van der Waals surface area contributed by atoms with Crippen molar-refractivity contribution < 1.29 is 24.2 Å². The first-order valence-corrected chi connectivity index (χ1v) is 17.8. The molecule has 0 unspecified atom stereocenters. The minimum atomic E-state index is -1.01. The van der Waals surface area contributed by atoms with Crippen molar-refractivity contribution in [1.82, 2.24) is 18.9 Å². The summed E-state index contributed by atoms with van der Waals surface area (Å²) in [5, 5.41) is 17.4. The number of halogens is 2. The number of aromatic carboxylic acids is 1. The van der Waals surface area contributed by atoms with E-state index in [1.807, 2.05) is 88.4 Å². The number of methoxy groups -OCH3 is 1. The average molecular weight is 745 g/mol. The highest BCUT2D eigenvalue weighted by Crippen LogP contribution is 2.42. The average Bonchev–Trinajstić information content (AvgIpc) is 3.70. The van der Waals surface area contributed by atoms with Crippen molar-refractivity contribution in [2.75, 3.05) is 32.2 Å². The van der Waals surface area contributed by atoms with Crippen molar-refractivity contribution >= 4 is 63.0 Å². The molecule has 0 aliphatic heterocycles. The lowest BCUT2D eigenvalue weighted by atomic mass is 9.98. The number of rotatable bonds is 13. The van der Waals surface area contributed by atoms with Crippen molar-refractivity contribution in [2.45, 2.75) is 47.1 Å². The quantitative estimate of drug-likeness (QED) is 0.0932. The van der Waals surface area contributed by atoms with E-state index in [1.54, 1.807) is 19.4 Å². The van der Waals surface area contributed by atoms with Gasteiger partial charge in [0.05, 0.1) is 52.4 Å². The molecule has 52 heavy (non-hydrogen) atoms. The van der Waals surface area contributed by atoms with Gasteiger partial charge in [-0.2, -0.15) is 5.10 Å². The maximum absolute atomic E-state index is 13.1. The van der Waals surface area contributed by atoms with E-state index < -0.39 is 5.97 Å². The van der Waals surface area contributed by atoms with Crippen LogP contribution in [0.25, 0.3) is 32.9 Å². The number of likely N-dealkylation sites (N-methyl/N-ethyl adjacent to an activating group) is 1. The molecule has 10 nitrogen and oxygen atoms in total. The summed E-state index contributed by atoms with van der Waals surface area (Å²) in [6, 6.07) is 11.4. The fourth-order valence-corrected chi connectivity index (χ4v) is 7.75. The number of aryl methyl sites for hydroxylation is 6. The van der Waals surface area contributed by atoms with Crippen LogP contribution in [0.1, 0.15) is 55.3 Å². The third-order valence-electron chi connectivity index (χ3n) is 10.0. The van der Waals surface area contributed by atoms with Crippen molar-refractivity contribution in [3.63, 3.8) is 0 Å². The van der Waals surface area contributed by atoms with Crippen molar-refractivity contribution in [3.8, 4) is 22.6 Å². The molecule has 272 valence electrons. The number of nitrogens with zero attached hydrogens (tertiary/aromatic N) is 5. The van der Waals surface area contributed by atoms with Crippen LogP contribution >= 0.6 is 23.2 Å². The Bertz CT molecular complexity index is 2350. The number of anilines is 1. The van der Waals surface area contributed by atoms with Crippen molar-refractivity contribution in [1.29, 1.82) is 0 Å². The summed E-state index contributed by atoms with van der Waals surface area (Å²) in [4.78, 5) is 27.3.